The van der Waals surface area contributed by atoms with Crippen LogP contribution < -0.4 is 9.47 Å². The van der Waals surface area contributed by atoms with Crippen molar-refractivity contribution in [2.45, 2.75) is 26.9 Å². The van der Waals surface area contributed by atoms with Crippen LogP contribution in [0.2, 0.25) is 0 Å². The van der Waals surface area contributed by atoms with Crippen molar-refractivity contribution in [2.75, 3.05) is 13.3 Å². The maximum absolute atomic E-state index is 13.3. The van der Waals surface area contributed by atoms with Gasteiger partial charge >= 0.3 is 0 Å². The van der Waals surface area contributed by atoms with Gasteiger partial charge in [0, 0.05) is 18.5 Å². The van der Waals surface area contributed by atoms with E-state index in [1.165, 1.54) is 16.9 Å². The number of hydrogen-bond acceptors (Lipinski definition) is 5. The number of aryl methyl sites for hydroxylation is 1. The topological polar surface area (TPSA) is 56.6 Å². The molecule has 1 aliphatic rings. The monoisotopic (exact) mass is 433 g/mol. The number of carbonyl (C=O) groups is 1. The summed E-state index contributed by atoms with van der Waals surface area (Å²) in [6.07, 6.45) is 0. The molecule has 5 rings (SSSR count). The molecule has 0 N–H and O–H groups in total. The summed E-state index contributed by atoms with van der Waals surface area (Å²) >= 11 is 1.51. The molecule has 1 aliphatic heterocycles. The summed E-state index contributed by atoms with van der Waals surface area (Å²) in [6, 6.07) is 18.1. The van der Waals surface area contributed by atoms with E-state index in [1.54, 1.807) is 0 Å². The molecular formula is C24H23N3O3S. The molecule has 4 aromatic rings. The van der Waals surface area contributed by atoms with Crippen LogP contribution in [0.25, 0.3) is 10.2 Å². The summed E-state index contributed by atoms with van der Waals surface area (Å²) in [5.41, 5.74) is 3.15. The van der Waals surface area contributed by atoms with Gasteiger partial charge in [-0.2, -0.15) is 5.10 Å². The number of carbonyl (C=O) groups excluding carboxylic acids is 1. The molecule has 1 amide bonds. The first-order chi connectivity index (χ1) is 15.1. The van der Waals surface area contributed by atoms with Crippen LogP contribution in [0.5, 0.6) is 11.5 Å². The van der Waals surface area contributed by atoms with Crippen LogP contribution in [0, 0.1) is 6.92 Å². The van der Waals surface area contributed by atoms with Crippen molar-refractivity contribution in [1.29, 1.82) is 0 Å². The fourth-order valence-electron chi connectivity index (χ4n) is 3.82. The van der Waals surface area contributed by atoms with Gasteiger partial charge in [0.15, 0.2) is 11.5 Å². The maximum atomic E-state index is 13.3. The molecule has 0 aliphatic carbocycles. The van der Waals surface area contributed by atoms with Gasteiger partial charge in [-0.1, -0.05) is 36.4 Å². The number of hydrogen-bond donors (Lipinski definition) is 0. The lowest BCUT2D eigenvalue weighted by Gasteiger charge is -2.20. The lowest BCUT2D eigenvalue weighted by Crippen LogP contribution is -2.29. The van der Waals surface area contributed by atoms with Crippen molar-refractivity contribution in [2.24, 2.45) is 0 Å². The molecule has 31 heavy (non-hydrogen) atoms. The summed E-state index contributed by atoms with van der Waals surface area (Å²) in [5, 5.41) is 5.73. The van der Waals surface area contributed by atoms with E-state index in [4.69, 9.17) is 9.47 Å². The van der Waals surface area contributed by atoms with E-state index in [1.807, 2.05) is 65.9 Å². The first-order valence-corrected chi connectivity index (χ1v) is 11.1. The largest absolute Gasteiger partial charge is 0.454 e. The lowest BCUT2D eigenvalue weighted by atomic mass is 10.2. The Kier molecular flexibility index (Phi) is 5.11. The average molecular weight is 434 g/mol. The van der Waals surface area contributed by atoms with Crippen molar-refractivity contribution in [3.05, 3.63) is 76.3 Å². The Morgan fingerprint density at radius 3 is 2.71 bits per heavy atom. The van der Waals surface area contributed by atoms with Gasteiger partial charge in [-0.3, -0.25) is 9.48 Å². The predicted molar refractivity (Wildman–Crippen MR) is 121 cm³/mol. The molecule has 3 heterocycles. The minimum atomic E-state index is 0.0343. The first kappa shape index (κ1) is 19.6. The van der Waals surface area contributed by atoms with Crippen LogP contribution in [0.15, 0.2) is 54.6 Å². The van der Waals surface area contributed by atoms with Crippen molar-refractivity contribution < 1.29 is 14.3 Å². The highest BCUT2D eigenvalue weighted by molar-refractivity contribution is 7.20. The second-order valence-corrected chi connectivity index (χ2v) is 8.60. The third-order valence-electron chi connectivity index (χ3n) is 5.47. The Labute approximate surface area is 184 Å². The Balaban J connectivity index is 1.40. The molecule has 0 spiro atoms. The van der Waals surface area contributed by atoms with Crippen LogP contribution >= 0.6 is 11.3 Å². The van der Waals surface area contributed by atoms with E-state index in [0.29, 0.717) is 19.6 Å². The Morgan fingerprint density at radius 1 is 1.10 bits per heavy atom. The van der Waals surface area contributed by atoms with E-state index in [9.17, 15) is 4.79 Å². The van der Waals surface area contributed by atoms with Crippen molar-refractivity contribution in [1.82, 2.24) is 14.7 Å². The first-order valence-electron chi connectivity index (χ1n) is 10.3. The maximum Gasteiger partial charge on any atom is 0.264 e. The summed E-state index contributed by atoms with van der Waals surface area (Å²) in [6.45, 7) is 6.08. The van der Waals surface area contributed by atoms with Crippen LogP contribution in [-0.4, -0.2) is 33.9 Å². The molecule has 0 fully saturated rings. The van der Waals surface area contributed by atoms with Gasteiger partial charge in [0.05, 0.1) is 17.1 Å². The fourth-order valence-corrected chi connectivity index (χ4v) is 4.95. The van der Waals surface area contributed by atoms with Crippen LogP contribution in [-0.2, 0) is 13.1 Å². The van der Waals surface area contributed by atoms with Crippen molar-refractivity contribution in [3.8, 4) is 11.5 Å². The van der Waals surface area contributed by atoms with E-state index >= 15 is 0 Å². The number of nitrogens with zero attached hydrogens (tertiary/aromatic N) is 3. The molecule has 7 heteroatoms. The normalized spacial score (nSPS) is 12.5. The Bertz CT molecular complexity index is 1250. The lowest BCUT2D eigenvalue weighted by molar-refractivity contribution is 0.0757. The molecule has 0 bridgehead atoms. The average Bonchev–Trinajstić information content (AvgIpc) is 3.49. The number of benzene rings is 2. The number of rotatable bonds is 6. The molecule has 2 aromatic heterocycles. The molecule has 158 valence electrons. The standard InChI is InChI=1S/C24H23N3O3S/c1-3-26(13-18-9-10-20-21(11-18)30-15-29-20)23(28)22-12-19-16(2)25-27(24(19)31-22)14-17-7-5-4-6-8-17/h4-12H,3,13-15H2,1-2H3. The van der Waals surface area contributed by atoms with E-state index in [0.717, 1.165) is 37.9 Å². The van der Waals surface area contributed by atoms with Gasteiger partial charge < -0.3 is 14.4 Å². The van der Waals surface area contributed by atoms with Crippen molar-refractivity contribution >= 4 is 27.5 Å². The third-order valence-corrected chi connectivity index (χ3v) is 6.61. The summed E-state index contributed by atoms with van der Waals surface area (Å²) in [7, 11) is 0. The van der Waals surface area contributed by atoms with Gasteiger partial charge in [0.2, 0.25) is 6.79 Å². The third kappa shape index (κ3) is 3.77. The predicted octanol–water partition coefficient (Wildman–Crippen LogP) is 4.85. The Morgan fingerprint density at radius 2 is 1.90 bits per heavy atom. The zero-order valence-electron chi connectivity index (χ0n) is 17.5. The fraction of sp³-hybridized carbons (Fsp3) is 0.250. The quantitative estimate of drug-likeness (QED) is 0.436. The number of amides is 1. The van der Waals surface area contributed by atoms with Crippen LogP contribution in [0.4, 0.5) is 0 Å². The van der Waals surface area contributed by atoms with Gasteiger partial charge in [-0.05, 0) is 43.2 Å². The summed E-state index contributed by atoms with van der Waals surface area (Å²) < 4.78 is 12.8. The number of thiophene rings is 1. The molecule has 2 aromatic carbocycles. The van der Waals surface area contributed by atoms with E-state index in [2.05, 4.69) is 17.2 Å². The molecule has 0 atom stereocenters. The van der Waals surface area contributed by atoms with Gasteiger partial charge in [0.1, 0.15) is 4.83 Å². The molecule has 0 radical (unpaired) electrons. The number of aromatic nitrogens is 2. The second-order valence-electron chi connectivity index (χ2n) is 7.57. The number of fused-ring (bicyclic) bond motifs is 2. The van der Waals surface area contributed by atoms with Gasteiger partial charge in [-0.25, -0.2) is 0 Å². The minimum absolute atomic E-state index is 0.0343. The van der Waals surface area contributed by atoms with Gasteiger partial charge in [0.25, 0.3) is 5.91 Å². The molecule has 0 saturated heterocycles. The highest BCUT2D eigenvalue weighted by Crippen LogP contribution is 2.33. The summed E-state index contributed by atoms with van der Waals surface area (Å²) in [4.78, 5) is 16.9. The molecule has 0 unspecified atom stereocenters. The van der Waals surface area contributed by atoms with Crippen LogP contribution in [0.3, 0.4) is 0 Å². The molecule has 6 nitrogen and oxygen atoms in total. The highest BCUT2D eigenvalue weighted by atomic mass is 32.1. The van der Waals surface area contributed by atoms with E-state index in [-0.39, 0.29) is 12.7 Å². The smallest absolute Gasteiger partial charge is 0.264 e. The zero-order chi connectivity index (χ0) is 21.4. The highest BCUT2D eigenvalue weighted by Gasteiger charge is 2.21. The Hall–Kier alpha value is -3.32. The zero-order valence-corrected chi connectivity index (χ0v) is 18.3. The van der Waals surface area contributed by atoms with Gasteiger partial charge in [-0.15, -0.1) is 11.3 Å². The van der Waals surface area contributed by atoms with E-state index < -0.39 is 0 Å². The SMILES string of the molecule is CCN(Cc1ccc2c(c1)OCO2)C(=O)c1cc2c(C)nn(Cc3ccccc3)c2s1. The second kappa shape index (κ2) is 8.07. The molecule has 0 saturated carbocycles. The minimum Gasteiger partial charge on any atom is -0.454 e. The summed E-state index contributed by atoms with van der Waals surface area (Å²) in [5.74, 6) is 1.52. The number of ether oxygens (including phenoxy) is 2. The molecular weight excluding hydrogens is 410 g/mol. The van der Waals surface area contributed by atoms with Crippen LogP contribution in [0.1, 0.15) is 33.4 Å². The van der Waals surface area contributed by atoms with Crippen molar-refractivity contribution in [3.63, 3.8) is 0 Å².